The second-order valence-corrected chi connectivity index (χ2v) is 7.00. The Balaban J connectivity index is 2.00. The minimum Gasteiger partial charge on any atom is -0.352 e. The normalized spacial score (nSPS) is 15.1. The summed E-state index contributed by atoms with van der Waals surface area (Å²) in [5.41, 5.74) is 0.129. The highest BCUT2D eigenvalue weighted by Crippen LogP contribution is 2.33. The van der Waals surface area contributed by atoms with Crippen molar-refractivity contribution in [2.45, 2.75) is 30.6 Å². The number of nitrogens with two attached hydrogens (primary N) is 1. The van der Waals surface area contributed by atoms with Crippen LogP contribution in [0, 0.1) is 5.92 Å². The molecular weight excluding hydrogens is 300 g/mol. The van der Waals surface area contributed by atoms with Crippen molar-refractivity contribution in [3.63, 3.8) is 0 Å². The molecule has 2 rings (SSSR count). The lowest BCUT2D eigenvalue weighted by Crippen LogP contribution is -2.25. The first-order valence-electron chi connectivity index (χ1n) is 6.48. The maximum absolute atomic E-state index is 12.0. The molecule has 110 valence electrons. The maximum Gasteiger partial charge on any atom is 0.252 e. The topological polar surface area (TPSA) is 89.3 Å². The summed E-state index contributed by atoms with van der Waals surface area (Å²) in [7, 11) is -3.84. The van der Waals surface area contributed by atoms with Crippen LogP contribution in [0.2, 0.25) is 5.02 Å². The Hall–Kier alpha value is -1.11. The lowest BCUT2D eigenvalue weighted by atomic mass is 10.2. The molecule has 1 fully saturated rings. The minimum atomic E-state index is -3.84. The molecule has 1 aliphatic rings. The van der Waals surface area contributed by atoms with E-state index in [9.17, 15) is 13.2 Å². The number of carbonyl (C=O) groups is 1. The fourth-order valence-electron chi connectivity index (χ4n) is 1.95. The van der Waals surface area contributed by atoms with Gasteiger partial charge in [-0.15, -0.1) is 0 Å². The maximum atomic E-state index is 12.0. The molecule has 0 atom stereocenters. The van der Waals surface area contributed by atoms with E-state index in [0.717, 1.165) is 18.8 Å². The first kappa shape index (κ1) is 15.3. The number of amides is 1. The molecule has 1 aromatic carbocycles. The average Bonchev–Trinajstić information content (AvgIpc) is 3.17. The summed E-state index contributed by atoms with van der Waals surface area (Å²) in [6.45, 7) is 0.561. The fraction of sp³-hybridized carbons (Fsp3) is 0.462. The van der Waals surface area contributed by atoms with Crippen LogP contribution in [0.3, 0.4) is 0 Å². The van der Waals surface area contributed by atoms with Gasteiger partial charge in [0.15, 0.2) is 0 Å². The van der Waals surface area contributed by atoms with E-state index < -0.39 is 10.0 Å². The third kappa shape index (κ3) is 4.19. The van der Waals surface area contributed by atoms with Gasteiger partial charge in [-0.05, 0) is 37.0 Å². The number of sulfonamides is 1. The number of carbonyl (C=O) groups excluding carboxylic acids is 1. The molecule has 1 saturated carbocycles. The van der Waals surface area contributed by atoms with Crippen LogP contribution in [0.1, 0.15) is 36.0 Å². The van der Waals surface area contributed by atoms with Gasteiger partial charge in [-0.3, -0.25) is 4.79 Å². The van der Waals surface area contributed by atoms with E-state index >= 15 is 0 Å². The molecule has 0 heterocycles. The van der Waals surface area contributed by atoms with Crippen molar-refractivity contribution in [2.75, 3.05) is 6.54 Å². The molecule has 0 aromatic heterocycles. The standard InChI is InChI=1S/C13H17ClN2O3S/c14-12-6-5-10(20(15,18)19)8-11(12)13(17)16-7-1-2-9-3-4-9/h5-6,8-9H,1-4,7H2,(H,16,17)(H2,15,18,19). The molecule has 0 aliphatic heterocycles. The molecule has 20 heavy (non-hydrogen) atoms. The van der Waals surface area contributed by atoms with Crippen molar-refractivity contribution >= 4 is 27.5 Å². The number of hydrogen-bond donors (Lipinski definition) is 2. The SMILES string of the molecule is NS(=O)(=O)c1ccc(Cl)c(C(=O)NCCCC2CC2)c1. The van der Waals surface area contributed by atoms with Gasteiger partial charge in [0.25, 0.3) is 5.91 Å². The third-order valence-corrected chi connectivity index (χ3v) is 4.52. The Kier molecular flexibility index (Phi) is 4.67. The first-order valence-corrected chi connectivity index (χ1v) is 8.41. The first-order chi connectivity index (χ1) is 9.38. The fourth-order valence-corrected chi connectivity index (χ4v) is 2.69. The number of nitrogens with one attached hydrogen (secondary N) is 1. The van der Waals surface area contributed by atoms with E-state index in [1.165, 1.54) is 31.0 Å². The van der Waals surface area contributed by atoms with E-state index in [4.69, 9.17) is 16.7 Å². The Morgan fingerprint density at radius 3 is 2.70 bits per heavy atom. The van der Waals surface area contributed by atoms with Gasteiger partial charge in [0.2, 0.25) is 10.0 Å². The predicted molar refractivity (Wildman–Crippen MR) is 77.1 cm³/mol. The molecule has 3 N–H and O–H groups in total. The third-order valence-electron chi connectivity index (χ3n) is 3.28. The molecule has 0 unspecified atom stereocenters. The van der Waals surface area contributed by atoms with Crippen molar-refractivity contribution in [1.29, 1.82) is 0 Å². The average molecular weight is 317 g/mol. The number of rotatable bonds is 6. The summed E-state index contributed by atoms with van der Waals surface area (Å²) in [5.74, 6) is 0.442. The lowest BCUT2D eigenvalue weighted by molar-refractivity contribution is 0.0952. The number of hydrogen-bond acceptors (Lipinski definition) is 3. The van der Waals surface area contributed by atoms with Crippen LogP contribution in [0.25, 0.3) is 0 Å². The minimum absolute atomic E-state index is 0.120. The Morgan fingerprint density at radius 1 is 1.40 bits per heavy atom. The summed E-state index contributed by atoms with van der Waals surface area (Å²) in [6.07, 6.45) is 4.61. The van der Waals surface area contributed by atoms with Gasteiger partial charge in [-0.2, -0.15) is 0 Å². The number of primary sulfonamides is 1. The molecule has 0 spiro atoms. The molecule has 1 aliphatic carbocycles. The van der Waals surface area contributed by atoms with E-state index in [2.05, 4.69) is 5.32 Å². The van der Waals surface area contributed by atoms with Gasteiger partial charge in [0, 0.05) is 6.54 Å². The predicted octanol–water partition coefficient (Wildman–Crippen LogP) is 1.91. The van der Waals surface area contributed by atoms with Crippen LogP contribution >= 0.6 is 11.6 Å². The number of halogens is 1. The summed E-state index contributed by atoms with van der Waals surface area (Å²) >= 11 is 5.92. The van der Waals surface area contributed by atoms with Gasteiger partial charge in [-0.1, -0.05) is 24.4 Å². The van der Waals surface area contributed by atoms with E-state index in [0.29, 0.717) is 6.54 Å². The highest BCUT2D eigenvalue weighted by atomic mass is 35.5. The Labute approximate surface area is 123 Å². The van der Waals surface area contributed by atoms with E-state index in [1.807, 2.05) is 0 Å². The molecule has 1 amide bonds. The molecule has 0 radical (unpaired) electrons. The molecule has 0 saturated heterocycles. The zero-order valence-electron chi connectivity index (χ0n) is 10.9. The van der Waals surface area contributed by atoms with Crippen LogP contribution in [-0.4, -0.2) is 20.9 Å². The van der Waals surface area contributed by atoms with Crippen LogP contribution in [0.15, 0.2) is 23.1 Å². The smallest absolute Gasteiger partial charge is 0.252 e. The van der Waals surface area contributed by atoms with Gasteiger partial charge in [0.1, 0.15) is 0 Å². The second-order valence-electron chi connectivity index (χ2n) is 5.03. The second kappa shape index (κ2) is 6.11. The highest BCUT2D eigenvalue weighted by Gasteiger charge is 2.20. The molecular formula is C13H17ClN2O3S. The van der Waals surface area contributed by atoms with Crippen LogP contribution in [0.4, 0.5) is 0 Å². The summed E-state index contributed by atoms with van der Waals surface area (Å²) in [6, 6.07) is 3.84. The molecule has 1 aromatic rings. The quantitative estimate of drug-likeness (QED) is 0.786. The monoisotopic (exact) mass is 316 g/mol. The molecule has 7 heteroatoms. The van der Waals surface area contributed by atoms with Crippen LogP contribution in [-0.2, 0) is 10.0 Å². The van der Waals surface area contributed by atoms with Gasteiger partial charge < -0.3 is 5.32 Å². The Bertz CT molecular complexity index is 612. The van der Waals surface area contributed by atoms with Gasteiger partial charge in [-0.25, -0.2) is 13.6 Å². The zero-order chi connectivity index (χ0) is 14.8. The number of benzene rings is 1. The van der Waals surface area contributed by atoms with Crippen molar-refractivity contribution in [3.8, 4) is 0 Å². The van der Waals surface area contributed by atoms with Crippen molar-refractivity contribution in [3.05, 3.63) is 28.8 Å². The lowest BCUT2D eigenvalue weighted by Gasteiger charge is -2.08. The van der Waals surface area contributed by atoms with Crippen LogP contribution in [0.5, 0.6) is 0 Å². The van der Waals surface area contributed by atoms with E-state index in [-0.39, 0.29) is 21.4 Å². The summed E-state index contributed by atoms with van der Waals surface area (Å²) < 4.78 is 22.5. The van der Waals surface area contributed by atoms with Crippen LogP contribution < -0.4 is 10.5 Å². The van der Waals surface area contributed by atoms with Crippen molar-refractivity contribution in [2.24, 2.45) is 11.1 Å². The highest BCUT2D eigenvalue weighted by molar-refractivity contribution is 7.89. The van der Waals surface area contributed by atoms with Gasteiger partial charge >= 0.3 is 0 Å². The van der Waals surface area contributed by atoms with Gasteiger partial charge in [0.05, 0.1) is 15.5 Å². The van der Waals surface area contributed by atoms with Crippen molar-refractivity contribution < 1.29 is 13.2 Å². The van der Waals surface area contributed by atoms with E-state index in [1.54, 1.807) is 0 Å². The largest absolute Gasteiger partial charge is 0.352 e. The zero-order valence-corrected chi connectivity index (χ0v) is 12.5. The Morgan fingerprint density at radius 2 is 2.10 bits per heavy atom. The summed E-state index contributed by atoms with van der Waals surface area (Å²) in [5, 5.41) is 7.98. The van der Waals surface area contributed by atoms with Crippen molar-refractivity contribution in [1.82, 2.24) is 5.32 Å². The molecule has 0 bridgehead atoms. The summed E-state index contributed by atoms with van der Waals surface area (Å²) in [4.78, 5) is 11.9. The molecule has 5 nitrogen and oxygen atoms in total.